The highest BCUT2D eigenvalue weighted by atomic mass is 32.2. The maximum atomic E-state index is 14.2. The third-order valence-corrected chi connectivity index (χ3v) is 9.30. The maximum absolute atomic E-state index is 14.2. The molecular formula is C32H42N3O6S. The molecule has 2 aromatic rings. The zero-order chi connectivity index (χ0) is 30.2. The minimum Gasteiger partial charge on any atom is -0.445 e. The van der Waals surface area contributed by atoms with Crippen LogP contribution in [0.2, 0.25) is 0 Å². The third kappa shape index (κ3) is 8.41. The Balaban J connectivity index is 1.49. The second-order valence-corrected chi connectivity index (χ2v) is 13.5. The van der Waals surface area contributed by atoms with Crippen molar-refractivity contribution in [1.82, 2.24) is 14.9 Å². The summed E-state index contributed by atoms with van der Waals surface area (Å²) in [5, 5.41) is 2.89. The Kier molecular flexibility index (Phi) is 10.8. The molecule has 1 aliphatic heterocycles. The molecule has 4 rings (SSSR count). The number of amides is 2. The standard InChI is InChI=1S/C32H42N3O6S/c1-24(2)21-27(34-42(39,40)23-26-15-8-4-9-16-26)30(37)35-20-12-17-28(35)29(36)32(18-10-5-11-19-32)33-31(38)41-22-25-13-6-3-7-14-25/h3-9,13-16,24,27-28,34H,10-12,17-23H2,1-2H3,(H,33,38)/t27-,28+/m1/s1. The summed E-state index contributed by atoms with van der Waals surface area (Å²) in [5.74, 6) is -0.822. The number of nitrogens with zero attached hydrogens (tertiary/aromatic N) is 1. The Labute approximate surface area is 249 Å². The number of alkyl carbamates (subject to hydrolysis) is 1. The zero-order valence-electron chi connectivity index (χ0n) is 24.5. The number of ketones is 1. The lowest BCUT2D eigenvalue weighted by atomic mass is 9.76. The van der Waals surface area contributed by atoms with Gasteiger partial charge in [0.25, 0.3) is 0 Å². The highest BCUT2D eigenvalue weighted by Crippen LogP contribution is 2.34. The Morgan fingerprint density at radius 2 is 1.60 bits per heavy atom. The first-order chi connectivity index (χ1) is 20.1. The molecule has 0 bridgehead atoms. The molecular weight excluding hydrogens is 554 g/mol. The second kappa shape index (κ2) is 14.3. The molecule has 2 aliphatic rings. The van der Waals surface area contributed by atoms with Crippen LogP contribution >= 0.6 is 0 Å². The van der Waals surface area contributed by atoms with Crippen molar-refractivity contribution in [3.05, 3.63) is 78.2 Å². The molecule has 1 saturated heterocycles. The van der Waals surface area contributed by atoms with E-state index in [-0.39, 0.29) is 24.1 Å². The van der Waals surface area contributed by atoms with Crippen molar-refractivity contribution in [2.45, 2.75) is 88.8 Å². The summed E-state index contributed by atoms with van der Waals surface area (Å²) >= 11 is 0. The van der Waals surface area contributed by atoms with Crippen LogP contribution in [0.3, 0.4) is 0 Å². The van der Waals surface area contributed by atoms with Crippen molar-refractivity contribution >= 4 is 27.8 Å². The zero-order valence-corrected chi connectivity index (χ0v) is 25.3. The summed E-state index contributed by atoms with van der Waals surface area (Å²) in [6.07, 6.45) is 4.95. The number of hydrogen-bond donors (Lipinski definition) is 2. The van der Waals surface area contributed by atoms with E-state index in [2.05, 4.69) is 16.5 Å². The van der Waals surface area contributed by atoms with Crippen molar-refractivity contribution in [2.24, 2.45) is 5.92 Å². The van der Waals surface area contributed by atoms with E-state index in [0.29, 0.717) is 57.1 Å². The van der Waals surface area contributed by atoms with Crippen LogP contribution in [0.5, 0.6) is 0 Å². The summed E-state index contributed by atoms with van der Waals surface area (Å²) < 4.78 is 34.3. The van der Waals surface area contributed by atoms with E-state index in [4.69, 9.17) is 4.74 Å². The van der Waals surface area contributed by atoms with Crippen molar-refractivity contribution in [2.75, 3.05) is 6.54 Å². The molecule has 1 radical (unpaired) electrons. The van der Waals surface area contributed by atoms with Crippen LogP contribution < -0.4 is 10.0 Å². The van der Waals surface area contributed by atoms with Gasteiger partial charge in [-0.05, 0) is 68.4 Å². The van der Waals surface area contributed by atoms with E-state index in [1.807, 2.05) is 50.2 Å². The van der Waals surface area contributed by atoms with Crippen LogP contribution in [0.15, 0.2) is 60.7 Å². The summed E-state index contributed by atoms with van der Waals surface area (Å²) in [7, 11) is -3.83. The van der Waals surface area contributed by atoms with Gasteiger partial charge in [0, 0.05) is 6.54 Å². The van der Waals surface area contributed by atoms with Crippen LogP contribution in [-0.2, 0) is 36.7 Å². The summed E-state index contributed by atoms with van der Waals surface area (Å²) in [4.78, 5) is 42.6. The molecule has 227 valence electrons. The van der Waals surface area contributed by atoms with Gasteiger partial charge in [0.05, 0.1) is 11.8 Å². The second-order valence-electron chi connectivity index (χ2n) is 11.7. The van der Waals surface area contributed by atoms with Gasteiger partial charge < -0.3 is 15.0 Å². The molecule has 1 aliphatic carbocycles. The average molecular weight is 597 g/mol. The minimum absolute atomic E-state index is 0.0383. The molecule has 2 amide bonds. The minimum atomic E-state index is -3.83. The first kappa shape index (κ1) is 31.7. The lowest BCUT2D eigenvalue weighted by Crippen LogP contribution is -2.62. The largest absolute Gasteiger partial charge is 0.445 e. The van der Waals surface area contributed by atoms with Gasteiger partial charge in [0.1, 0.15) is 18.2 Å². The van der Waals surface area contributed by atoms with Crippen LogP contribution in [-0.4, -0.2) is 55.3 Å². The normalized spacial score (nSPS) is 19.3. The Bertz CT molecular complexity index is 1310. The Morgan fingerprint density at radius 1 is 0.976 bits per heavy atom. The van der Waals surface area contributed by atoms with Crippen molar-refractivity contribution in [3.63, 3.8) is 0 Å². The maximum Gasteiger partial charge on any atom is 0.408 e. The van der Waals surface area contributed by atoms with Gasteiger partial charge in [-0.2, -0.15) is 0 Å². The van der Waals surface area contributed by atoms with E-state index in [9.17, 15) is 22.8 Å². The summed E-state index contributed by atoms with van der Waals surface area (Å²) in [5.41, 5.74) is 0.302. The van der Waals surface area contributed by atoms with Crippen LogP contribution in [0.1, 0.15) is 69.9 Å². The number of ether oxygens (including phenoxy) is 1. The van der Waals surface area contributed by atoms with E-state index >= 15 is 0 Å². The summed E-state index contributed by atoms with van der Waals surface area (Å²) in [6, 6.07) is 16.4. The molecule has 9 nitrogen and oxygen atoms in total. The fourth-order valence-corrected chi connectivity index (χ4v) is 7.24. The lowest BCUT2D eigenvalue weighted by molar-refractivity contribution is -0.142. The fraction of sp³-hybridized carbons (Fsp3) is 0.500. The van der Waals surface area contributed by atoms with Gasteiger partial charge in [-0.15, -0.1) is 0 Å². The van der Waals surface area contributed by atoms with Crippen LogP contribution in [0.25, 0.3) is 0 Å². The van der Waals surface area contributed by atoms with E-state index in [0.717, 1.165) is 5.56 Å². The number of likely N-dealkylation sites (tertiary alicyclic amines) is 1. The number of carbonyl (C=O) groups is 3. The van der Waals surface area contributed by atoms with E-state index in [1.54, 1.807) is 24.3 Å². The number of rotatable bonds is 12. The molecule has 1 heterocycles. The SMILES string of the molecule is CC(C)C[C@@H](NS(=O)(=O)Cc1ccccc1)C(=O)N1CCC[C@H]1C(=O)C1(NC(=O)OCc2ccccc2)CC[CH]CC1. The molecule has 42 heavy (non-hydrogen) atoms. The number of carbonyl (C=O) groups excluding carboxylic acids is 3. The molecule has 2 atom stereocenters. The molecule has 2 fully saturated rings. The number of Topliss-reactive ketones (excluding diaryl/α,β-unsaturated/α-hetero) is 1. The smallest absolute Gasteiger partial charge is 0.408 e. The van der Waals surface area contributed by atoms with E-state index < -0.39 is 39.6 Å². The molecule has 0 unspecified atom stereocenters. The molecule has 2 N–H and O–H groups in total. The first-order valence-electron chi connectivity index (χ1n) is 14.8. The molecule has 2 aromatic carbocycles. The van der Waals surface area contributed by atoms with Gasteiger partial charge in [-0.3, -0.25) is 9.59 Å². The number of sulfonamides is 1. The van der Waals surface area contributed by atoms with Crippen molar-refractivity contribution in [3.8, 4) is 0 Å². The Hall–Kier alpha value is -3.24. The lowest BCUT2D eigenvalue weighted by Gasteiger charge is -2.40. The number of hydrogen-bond acceptors (Lipinski definition) is 6. The Morgan fingerprint density at radius 3 is 2.21 bits per heavy atom. The van der Waals surface area contributed by atoms with Gasteiger partial charge in [0.15, 0.2) is 5.78 Å². The van der Waals surface area contributed by atoms with E-state index in [1.165, 1.54) is 4.90 Å². The van der Waals surface area contributed by atoms with Crippen LogP contribution in [0.4, 0.5) is 4.79 Å². The monoisotopic (exact) mass is 596 g/mol. The third-order valence-electron chi connectivity index (χ3n) is 7.94. The number of nitrogens with one attached hydrogen (secondary N) is 2. The first-order valence-corrected chi connectivity index (χ1v) is 16.4. The fourth-order valence-electron chi connectivity index (χ4n) is 5.90. The van der Waals surface area contributed by atoms with Gasteiger partial charge in [-0.25, -0.2) is 17.9 Å². The molecule has 0 spiro atoms. The predicted molar refractivity (Wildman–Crippen MR) is 160 cm³/mol. The molecule has 0 aromatic heterocycles. The topological polar surface area (TPSA) is 122 Å². The van der Waals surface area contributed by atoms with Gasteiger partial charge in [-0.1, -0.05) is 74.5 Å². The molecule has 10 heteroatoms. The average Bonchev–Trinajstić information content (AvgIpc) is 3.46. The quantitative estimate of drug-likeness (QED) is 0.372. The van der Waals surface area contributed by atoms with Crippen molar-refractivity contribution in [1.29, 1.82) is 0 Å². The van der Waals surface area contributed by atoms with Gasteiger partial charge in [0.2, 0.25) is 15.9 Å². The molecule has 1 saturated carbocycles. The summed E-state index contributed by atoms with van der Waals surface area (Å²) in [6.45, 7) is 4.29. The highest BCUT2D eigenvalue weighted by molar-refractivity contribution is 7.88. The van der Waals surface area contributed by atoms with Gasteiger partial charge >= 0.3 is 6.09 Å². The number of benzene rings is 2. The van der Waals surface area contributed by atoms with Crippen molar-refractivity contribution < 1.29 is 27.5 Å². The highest BCUT2D eigenvalue weighted by Gasteiger charge is 2.49. The van der Waals surface area contributed by atoms with Crippen LogP contribution in [0, 0.1) is 12.3 Å². The predicted octanol–water partition coefficient (Wildman–Crippen LogP) is 4.52.